The molecule has 30 heavy (non-hydrogen) atoms. The third-order valence-corrected chi connectivity index (χ3v) is 5.75. The third-order valence-electron chi connectivity index (χ3n) is 5.75. The summed E-state index contributed by atoms with van der Waals surface area (Å²) in [5.74, 6) is 2.29. The fraction of sp³-hybridized carbons (Fsp3) is 0.364. The first-order valence-corrected chi connectivity index (χ1v) is 9.92. The highest BCUT2D eigenvalue weighted by Gasteiger charge is 2.36. The molecule has 0 bridgehead atoms. The number of rotatable bonds is 2. The van der Waals surface area contributed by atoms with Gasteiger partial charge in [-0.1, -0.05) is 0 Å². The van der Waals surface area contributed by atoms with Gasteiger partial charge in [0.25, 0.3) is 11.8 Å². The summed E-state index contributed by atoms with van der Waals surface area (Å²) in [5, 5.41) is 0. The number of benzene rings is 2. The summed E-state index contributed by atoms with van der Waals surface area (Å²) >= 11 is 0. The molecular weight excluding hydrogens is 388 g/mol. The summed E-state index contributed by atoms with van der Waals surface area (Å²) in [6, 6.07) is 10.2. The smallest absolute Gasteiger partial charge is 0.254 e. The van der Waals surface area contributed by atoms with Gasteiger partial charge < -0.3 is 28.7 Å². The second kappa shape index (κ2) is 7.12. The molecule has 1 saturated heterocycles. The summed E-state index contributed by atoms with van der Waals surface area (Å²) in [4.78, 5) is 29.9. The van der Waals surface area contributed by atoms with Crippen molar-refractivity contribution in [1.29, 1.82) is 0 Å². The van der Waals surface area contributed by atoms with Crippen LogP contribution in [0.4, 0.5) is 0 Å². The van der Waals surface area contributed by atoms with Crippen LogP contribution in [-0.4, -0.2) is 60.4 Å². The molecule has 0 saturated carbocycles. The highest BCUT2D eigenvalue weighted by molar-refractivity contribution is 5.97. The van der Waals surface area contributed by atoms with Crippen molar-refractivity contribution >= 4 is 11.8 Å². The van der Waals surface area contributed by atoms with Crippen molar-refractivity contribution in [3.8, 4) is 23.0 Å². The Morgan fingerprint density at radius 1 is 0.700 bits per heavy atom. The molecule has 0 aromatic heterocycles. The van der Waals surface area contributed by atoms with Gasteiger partial charge in [-0.05, 0) is 50.2 Å². The van der Waals surface area contributed by atoms with Crippen LogP contribution in [0.15, 0.2) is 36.4 Å². The van der Waals surface area contributed by atoms with E-state index in [0.29, 0.717) is 47.2 Å². The number of piperazine rings is 1. The van der Waals surface area contributed by atoms with E-state index in [1.165, 1.54) is 0 Å². The lowest BCUT2D eigenvalue weighted by Crippen LogP contribution is -2.59. The maximum atomic E-state index is 13.1. The normalized spacial score (nSPS) is 21.7. The number of ether oxygens (including phenoxy) is 4. The first-order chi connectivity index (χ1) is 14.5. The summed E-state index contributed by atoms with van der Waals surface area (Å²) < 4.78 is 21.4. The highest BCUT2D eigenvalue weighted by atomic mass is 16.7. The highest BCUT2D eigenvalue weighted by Crippen LogP contribution is 2.34. The Kier molecular flexibility index (Phi) is 4.42. The molecule has 156 valence electrons. The lowest BCUT2D eigenvalue weighted by molar-refractivity contribution is 0.0270. The minimum Gasteiger partial charge on any atom is -0.454 e. The van der Waals surface area contributed by atoms with E-state index >= 15 is 0 Å². The van der Waals surface area contributed by atoms with Crippen molar-refractivity contribution in [1.82, 2.24) is 9.80 Å². The number of fused-ring (bicyclic) bond motifs is 2. The van der Waals surface area contributed by atoms with Crippen LogP contribution < -0.4 is 18.9 Å². The fourth-order valence-corrected chi connectivity index (χ4v) is 4.08. The van der Waals surface area contributed by atoms with Crippen molar-refractivity contribution in [2.75, 3.05) is 26.7 Å². The minimum atomic E-state index is -0.128. The molecule has 8 nitrogen and oxygen atoms in total. The van der Waals surface area contributed by atoms with Gasteiger partial charge in [0.2, 0.25) is 13.6 Å². The Hall–Kier alpha value is -3.42. The molecular formula is C22H22N2O6. The SMILES string of the molecule is C[C@@H]1CN(C(=O)c2ccc3c(c2)OCO3)[C@@H](C)CN1C(=O)c1ccc2c(c1)OCO2. The Morgan fingerprint density at radius 2 is 1.10 bits per heavy atom. The van der Waals surface area contributed by atoms with E-state index in [1.807, 2.05) is 23.6 Å². The molecule has 2 aromatic rings. The molecule has 8 heteroatoms. The van der Waals surface area contributed by atoms with Crippen LogP contribution in [0, 0.1) is 0 Å². The number of nitrogens with zero attached hydrogens (tertiary/aromatic N) is 2. The average Bonchev–Trinajstić information content (AvgIpc) is 3.42. The molecule has 3 aliphatic rings. The maximum Gasteiger partial charge on any atom is 0.254 e. The van der Waals surface area contributed by atoms with Crippen LogP contribution >= 0.6 is 0 Å². The second-order valence-corrected chi connectivity index (χ2v) is 7.75. The first-order valence-electron chi connectivity index (χ1n) is 9.92. The topological polar surface area (TPSA) is 77.5 Å². The molecule has 5 rings (SSSR count). The molecule has 1 fully saturated rings. The molecule has 2 aromatic carbocycles. The molecule has 0 N–H and O–H groups in total. The van der Waals surface area contributed by atoms with Crippen molar-refractivity contribution in [2.45, 2.75) is 25.9 Å². The van der Waals surface area contributed by atoms with Crippen LogP contribution in [0.3, 0.4) is 0 Å². The predicted molar refractivity (Wildman–Crippen MR) is 106 cm³/mol. The molecule has 0 aliphatic carbocycles. The standard InChI is InChI=1S/C22H22N2O6/c1-13-9-24(22(26)16-4-6-18-20(8-16)30-12-28-18)14(2)10-23(13)21(25)15-3-5-17-19(7-15)29-11-27-17/h3-8,13-14H,9-12H2,1-2H3/t13-,14+. The van der Waals surface area contributed by atoms with Crippen LogP contribution in [0.25, 0.3) is 0 Å². The summed E-state index contributed by atoms with van der Waals surface area (Å²) in [6.07, 6.45) is 0. The maximum absolute atomic E-state index is 13.1. The molecule has 2 atom stereocenters. The van der Waals surface area contributed by atoms with E-state index in [1.54, 1.807) is 36.4 Å². The van der Waals surface area contributed by atoms with Crippen LogP contribution in [-0.2, 0) is 0 Å². The Morgan fingerprint density at radius 3 is 1.53 bits per heavy atom. The summed E-state index contributed by atoms with van der Waals surface area (Å²) in [6.45, 7) is 5.14. The number of amides is 2. The Balaban J connectivity index is 1.32. The number of carbonyl (C=O) groups is 2. The lowest BCUT2D eigenvalue weighted by Gasteiger charge is -2.44. The predicted octanol–water partition coefficient (Wildman–Crippen LogP) is 2.52. The van der Waals surface area contributed by atoms with Gasteiger partial charge >= 0.3 is 0 Å². The Bertz CT molecular complexity index is 941. The van der Waals surface area contributed by atoms with Gasteiger partial charge in [0.15, 0.2) is 23.0 Å². The van der Waals surface area contributed by atoms with Crippen molar-refractivity contribution in [2.24, 2.45) is 0 Å². The van der Waals surface area contributed by atoms with E-state index in [4.69, 9.17) is 18.9 Å². The quantitative estimate of drug-likeness (QED) is 0.757. The molecule has 3 heterocycles. The van der Waals surface area contributed by atoms with E-state index in [0.717, 1.165) is 0 Å². The number of carbonyl (C=O) groups excluding carboxylic acids is 2. The van der Waals surface area contributed by atoms with Gasteiger partial charge in [0.1, 0.15) is 0 Å². The number of hydrogen-bond donors (Lipinski definition) is 0. The van der Waals surface area contributed by atoms with Gasteiger partial charge in [0.05, 0.1) is 0 Å². The van der Waals surface area contributed by atoms with Crippen molar-refractivity contribution in [3.63, 3.8) is 0 Å². The Labute approximate surface area is 173 Å². The van der Waals surface area contributed by atoms with Crippen molar-refractivity contribution in [3.05, 3.63) is 47.5 Å². The molecule has 3 aliphatic heterocycles. The van der Waals surface area contributed by atoms with Gasteiger partial charge in [-0.25, -0.2) is 0 Å². The van der Waals surface area contributed by atoms with Crippen molar-refractivity contribution < 1.29 is 28.5 Å². The zero-order valence-corrected chi connectivity index (χ0v) is 16.8. The van der Waals surface area contributed by atoms with Crippen LogP contribution in [0.5, 0.6) is 23.0 Å². The molecule has 0 radical (unpaired) electrons. The van der Waals surface area contributed by atoms with Gasteiger partial charge in [-0.3, -0.25) is 9.59 Å². The monoisotopic (exact) mass is 410 g/mol. The molecule has 2 amide bonds. The minimum absolute atomic E-state index is 0.0807. The molecule has 0 spiro atoms. The van der Waals surface area contributed by atoms with E-state index in [9.17, 15) is 9.59 Å². The zero-order valence-electron chi connectivity index (χ0n) is 16.8. The summed E-state index contributed by atoms with van der Waals surface area (Å²) in [5.41, 5.74) is 1.10. The zero-order chi connectivity index (χ0) is 20.8. The van der Waals surface area contributed by atoms with Crippen LogP contribution in [0.1, 0.15) is 34.6 Å². The van der Waals surface area contributed by atoms with E-state index in [2.05, 4.69) is 0 Å². The van der Waals surface area contributed by atoms with Crippen LogP contribution in [0.2, 0.25) is 0 Å². The summed E-state index contributed by atoms with van der Waals surface area (Å²) in [7, 11) is 0. The second-order valence-electron chi connectivity index (χ2n) is 7.75. The lowest BCUT2D eigenvalue weighted by atomic mass is 10.0. The number of hydrogen-bond acceptors (Lipinski definition) is 6. The third kappa shape index (κ3) is 3.08. The average molecular weight is 410 g/mol. The van der Waals surface area contributed by atoms with E-state index < -0.39 is 0 Å². The van der Waals surface area contributed by atoms with Gasteiger partial charge in [-0.15, -0.1) is 0 Å². The van der Waals surface area contributed by atoms with Gasteiger partial charge in [-0.2, -0.15) is 0 Å². The fourth-order valence-electron chi connectivity index (χ4n) is 4.08. The molecule has 0 unspecified atom stereocenters. The largest absolute Gasteiger partial charge is 0.454 e. The van der Waals surface area contributed by atoms with Gasteiger partial charge in [0, 0.05) is 36.3 Å². The van der Waals surface area contributed by atoms with E-state index in [-0.39, 0.29) is 37.5 Å². The first kappa shape index (κ1) is 18.6.